The Labute approximate surface area is 108 Å². The third-order valence-electron chi connectivity index (χ3n) is 2.45. The Balaban J connectivity index is 4.03. The van der Waals surface area contributed by atoms with Crippen LogP contribution in [0.1, 0.15) is 13.8 Å². The molecule has 0 radical (unpaired) electrons. The molecule has 0 aliphatic rings. The fourth-order valence-electron chi connectivity index (χ4n) is 0.934. The Morgan fingerprint density at radius 1 is 1.32 bits per heavy atom. The lowest BCUT2D eigenvalue weighted by Gasteiger charge is -2.31. The summed E-state index contributed by atoms with van der Waals surface area (Å²) in [6.45, 7) is 0.811. The number of nitrogens with zero attached hydrogens (tertiary/aromatic N) is 1. The van der Waals surface area contributed by atoms with E-state index >= 15 is 0 Å². The normalized spacial score (nSPS) is 12.1. The van der Waals surface area contributed by atoms with Gasteiger partial charge in [-0.05, 0) is 13.8 Å². The van der Waals surface area contributed by atoms with E-state index in [-0.39, 0.29) is 13.2 Å². The van der Waals surface area contributed by atoms with Gasteiger partial charge >= 0.3 is 18.2 Å². The second kappa shape index (κ2) is 6.60. The third-order valence-corrected chi connectivity index (χ3v) is 2.45. The molecule has 0 aromatic carbocycles. The predicted molar refractivity (Wildman–Crippen MR) is 59.8 cm³/mol. The number of halogens is 3. The van der Waals surface area contributed by atoms with Crippen molar-refractivity contribution in [2.45, 2.75) is 25.6 Å². The topological polar surface area (TPSA) is 78.9 Å². The quantitative estimate of drug-likeness (QED) is 0.716. The first-order valence-corrected chi connectivity index (χ1v) is 5.38. The number of carboxylic acid groups (broad SMARTS) is 1. The van der Waals surface area contributed by atoms with Crippen molar-refractivity contribution in [1.82, 2.24) is 10.2 Å². The van der Waals surface area contributed by atoms with Gasteiger partial charge in [0.25, 0.3) is 0 Å². The van der Waals surface area contributed by atoms with E-state index in [9.17, 15) is 22.8 Å². The maximum atomic E-state index is 11.7. The van der Waals surface area contributed by atoms with E-state index in [0.29, 0.717) is 0 Å². The summed E-state index contributed by atoms with van der Waals surface area (Å²) in [5.74, 6) is -1.20. The Morgan fingerprint density at radius 2 is 1.84 bits per heavy atom. The van der Waals surface area contributed by atoms with E-state index in [0.717, 1.165) is 4.90 Å². The van der Waals surface area contributed by atoms with Gasteiger partial charge in [-0.15, -0.1) is 0 Å². The van der Waals surface area contributed by atoms with Crippen molar-refractivity contribution in [2.75, 3.05) is 26.8 Å². The van der Waals surface area contributed by atoms with Crippen molar-refractivity contribution < 1.29 is 32.6 Å². The molecule has 0 saturated carbocycles. The molecule has 0 aliphatic carbocycles. The van der Waals surface area contributed by atoms with Gasteiger partial charge < -0.3 is 20.1 Å². The molecule has 0 rings (SSSR count). The lowest BCUT2D eigenvalue weighted by Crippen LogP contribution is -2.54. The molecule has 0 saturated heterocycles. The Kier molecular flexibility index (Phi) is 6.07. The molecule has 6 nitrogen and oxygen atoms in total. The molecular weight excluding hydrogens is 269 g/mol. The second-order valence-electron chi connectivity index (χ2n) is 4.32. The molecule has 0 aliphatic heterocycles. The summed E-state index contributed by atoms with van der Waals surface area (Å²) in [6.07, 6.45) is -4.41. The highest BCUT2D eigenvalue weighted by Crippen LogP contribution is 2.14. The lowest BCUT2D eigenvalue weighted by atomic mass is 10.1. The number of aliphatic carboxylic acids is 1. The van der Waals surface area contributed by atoms with E-state index in [4.69, 9.17) is 5.11 Å². The maximum Gasteiger partial charge on any atom is 0.411 e. The lowest BCUT2D eigenvalue weighted by molar-refractivity contribution is -0.173. The summed E-state index contributed by atoms with van der Waals surface area (Å²) < 4.78 is 39.5. The van der Waals surface area contributed by atoms with Gasteiger partial charge in [0.15, 0.2) is 0 Å². The largest absolute Gasteiger partial charge is 0.480 e. The number of urea groups is 1. The molecule has 0 aromatic heterocycles. The fraction of sp³-hybridized carbons (Fsp3) is 0.800. The van der Waals surface area contributed by atoms with Crippen molar-refractivity contribution in [3.8, 4) is 0 Å². The van der Waals surface area contributed by atoms with Crippen LogP contribution in [0.2, 0.25) is 0 Å². The molecular formula is C10H17F3N2O4. The highest BCUT2D eigenvalue weighted by atomic mass is 19.4. The number of nitrogens with one attached hydrogen (secondary N) is 1. The summed E-state index contributed by atoms with van der Waals surface area (Å²) in [5.41, 5.74) is -1.42. The van der Waals surface area contributed by atoms with Gasteiger partial charge in [0.05, 0.1) is 6.61 Å². The van der Waals surface area contributed by atoms with Crippen LogP contribution in [0.15, 0.2) is 0 Å². The minimum Gasteiger partial charge on any atom is -0.480 e. The number of alkyl halides is 3. The van der Waals surface area contributed by atoms with Crippen molar-refractivity contribution in [3.05, 3.63) is 0 Å². The number of rotatable bonds is 6. The van der Waals surface area contributed by atoms with Crippen molar-refractivity contribution in [2.24, 2.45) is 0 Å². The average molecular weight is 286 g/mol. The van der Waals surface area contributed by atoms with Gasteiger partial charge in [-0.3, -0.25) is 0 Å². The molecule has 2 N–H and O–H groups in total. The summed E-state index contributed by atoms with van der Waals surface area (Å²) in [6, 6.07) is -0.706. The first-order chi connectivity index (χ1) is 8.48. The number of ether oxygens (including phenoxy) is 1. The van der Waals surface area contributed by atoms with E-state index in [2.05, 4.69) is 10.1 Å². The third kappa shape index (κ3) is 6.27. The minimum absolute atomic E-state index is 0.144. The second-order valence-corrected chi connectivity index (χ2v) is 4.32. The molecule has 9 heteroatoms. The number of hydrogen-bond donors (Lipinski definition) is 2. The number of carbonyl (C=O) groups is 2. The van der Waals surface area contributed by atoms with E-state index in [1.807, 2.05) is 0 Å². The monoisotopic (exact) mass is 286 g/mol. The van der Waals surface area contributed by atoms with Crippen LogP contribution in [0.3, 0.4) is 0 Å². The standard InChI is InChI=1S/C10H17F3N2O4/c1-9(2,7(16)17)15(3)8(18)14-4-5-19-6-10(11,12)13/h4-6H2,1-3H3,(H,14,18)(H,16,17). The molecule has 112 valence electrons. The first kappa shape index (κ1) is 17.5. The maximum absolute atomic E-state index is 11.7. The minimum atomic E-state index is -4.41. The number of likely N-dealkylation sites (N-methyl/N-ethyl adjacent to an activating group) is 1. The van der Waals surface area contributed by atoms with Crippen LogP contribution in [-0.4, -0.2) is 60.5 Å². The molecule has 2 amide bonds. The highest BCUT2D eigenvalue weighted by molar-refractivity contribution is 5.85. The van der Waals surface area contributed by atoms with Crippen LogP contribution in [0, 0.1) is 0 Å². The Hall–Kier alpha value is -1.51. The van der Waals surface area contributed by atoms with Gasteiger partial charge in [0, 0.05) is 13.6 Å². The zero-order valence-corrected chi connectivity index (χ0v) is 10.9. The Morgan fingerprint density at radius 3 is 2.26 bits per heavy atom. The summed E-state index contributed by atoms with van der Waals surface area (Å²) in [7, 11) is 1.28. The van der Waals surface area contributed by atoms with Gasteiger partial charge in [-0.1, -0.05) is 0 Å². The summed E-state index contributed by atoms with van der Waals surface area (Å²) in [5, 5.41) is 11.1. The number of hydrogen-bond acceptors (Lipinski definition) is 3. The molecule has 0 unspecified atom stereocenters. The zero-order valence-electron chi connectivity index (χ0n) is 10.9. The Bertz CT molecular complexity index is 331. The number of carbonyl (C=O) groups excluding carboxylic acids is 1. The van der Waals surface area contributed by atoms with E-state index < -0.39 is 30.3 Å². The number of amides is 2. The molecule has 0 fully saturated rings. The fourth-order valence-corrected chi connectivity index (χ4v) is 0.934. The van der Waals surface area contributed by atoms with Crippen LogP contribution in [0.5, 0.6) is 0 Å². The predicted octanol–water partition coefficient (Wildman–Crippen LogP) is 1.07. The van der Waals surface area contributed by atoms with Gasteiger partial charge in [0.2, 0.25) is 0 Å². The molecule has 0 bridgehead atoms. The molecule has 0 heterocycles. The zero-order chi connectivity index (χ0) is 15.3. The van der Waals surface area contributed by atoms with Crippen LogP contribution in [0.4, 0.5) is 18.0 Å². The van der Waals surface area contributed by atoms with Crippen molar-refractivity contribution in [3.63, 3.8) is 0 Å². The average Bonchev–Trinajstić information content (AvgIpc) is 2.25. The molecule has 19 heavy (non-hydrogen) atoms. The molecule has 0 atom stereocenters. The molecule has 0 spiro atoms. The van der Waals surface area contributed by atoms with Crippen molar-refractivity contribution in [1.29, 1.82) is 0 Å². The van der Waals surface area contributed by atoms with E-state index in [1.165, 1.54) is 20.9 Å². The smallest absolute Gasteiger partial charge is 0.411 e. The van der Waals surface area contributed by atoms with Crippen LogP contribution >= 0.6 is 0 Å². The van der Waals surface area contributed by atoms with E-state index in [1.54, 1.807) is 0 Å². The van der Waals surface area contributed by atoms with Gasteiger partial charge in [-0.2, -0.15) is 13.2 Å². The van der Waals surface area contributed by atoms with Crippen LogP contribution < -0.4 is 5.32 Å². The summed E-state index contributed by atoms with van der Waals surface area (Å²) >= 11 is 0. The van der Waals surface area contributed by atoms with Gasteiger partial charge in [0.1, 0.15) is 12.1 Å². The van der Waals surface area contributed by atoms with Gasteiger partial charge in [-0.25, -0.2) is 9.59 Å². The van der Waals surface area contributed by atoms with Crippen molar-refractivity contribution >= 4 is 12.0 Å². The summed E-state index contributed by atoms with van der Waals surface area (Å²) in [4.78, 5) is 23.4. The SMILES string of the molecule is CN(C(=O)NCCOCC(F)(F)F)C(C)(C)C(=O)O. The number of carboxylic acids is 1. The first-order valence-electron chi connectivity index (χ1n) is 5.38. The van der Waals surface area contributed by atoms with Crippen LogP contribution in [-0.2, 0) is 9.53 Å². The van der Waals surface area contributed by atoms with Crippen LogP contribution in [0.25, 0.3) is 0 Å². The highest BCUT2D eigenvalue weighted by Gasteiger charge is 2.35. The molecule has 0 aromatic rings.